The summed E-state index contributed by atoms with van der Waals surface area (Å²) in [4.78, 5) is 17.4. The van der Waals surface area contributed by atoms with Crippen molar-refractivity contribution in [2.75, 3.05) is 7.11 Å². The third-order valence-electron chi connectivity index (χ3n) is 3.90. The molecule has 0 radical (unpaired) electrons. The zero-order valence-electron chi connectivity index (χ0n) is 14.2. The van der Waals surface area contributed by atoms with Crippen LogP contribution >= 0.6 is 11.3 Å². The van der Waals surface area contributed by atoms with Crippen molar-refractivity contribution in [1.82, 2.24) is 14.3 Å². The maximum Gasteiger partial charge on any atom is 0.300 e. The third kappa shape index (κ3) is 2.75. The Morgan fingerprint density at radius 3 is 2.71 bits per heavy atom. The molecule has 0 atom stereocenters. The van der Waals surface area contributed by atoms with Gasteiger partial charge in [-0.05, 0) is 38.5 Å². The summed E-state index contributed by atoms with van der Waals surface area (Å²) >= 11 is 1.50. The number of carbonyl (C=O) groups excluding carboxylic acids is 1. The molecular weight excluding hydrogens is 324 g/mol. The van der Waals surface area contributed by atoms with Gasteiger partial charge in [-0.15, -0.1) is 0 Å². The van der Waals surface area contributed by atoms with E-state index < -0.39 is 0 Å². The van der Waals surface area contributed by atoms with Crippen LogP contribution in [-0.2, 0) is 13.1 Å². The number of rotatable bonds is 4. The highest BCUT2D eigenvalue weighted by atomic mass is 32.1. The molecular formula is C17H20N4O2S. The minimum absolute atomic E-state index is 0.326. The fraction of sp³-hybridized carbons (Fsp3) is 0.353. The molecule has 6 nitrogen and oxygen atoms in total. The SMILES string of the molecule is CCn1ccc(C(=O)N=c2sc3c(C)ccc(OC)c3n2CC)n1. The standard InChI is InChI=1S/C17H20N4O2S/c1-5-20-10-9-12(19-20)16(22)18-17-21(6-2)14-13(23-4)8-7-11(3)15(14)24-17/h7-10H,5-6H2,1-4H3. The van der Waals surface area contributed by atoms with Crippen LogP contribution in [0.5, 0.6) is 5.75 Å². The highest BCUT2D eigenvalue weighted by molar-refractivity contribution is 7.16. The van der Waals surface area contributed by atoms with E-state index in [1.54, 1.807) is 24.1 Å². The van der Waals surface area contributed by atoms with E-state index >= 15 is 0 Å². The molecule has 7 heteroatoms. The topological polar surface area (TPSA) is 61.4 Å². The highest BCUT2D eigenvalue weighted by Gasteiger charge is 2.14. The lowest BCUT2D eigenvalue weighted by molar-refractivity contribution is 0.0992. The van der Waals surface area contributed by atoms with E-state index in [1.165, 1.54) is 11.3 Å². The number of carbonyl (C=O) groups is 1. The number of thiazole rings is 1. The molecule has 1 amide bonds. The first-order valence-electron chi connectivity index (χ1n) is 7.88. The van der Waals surface area contributed by atoms with Crippen molar-refractivity contribution in [3.05, 3.63) is 40.5 Å². The van der Waals surface area contributed by atoms with E-state index in [-0.39, 0.29) is 5.91 Å². The third-order valence-corrected chi connectivity index (χ3v) is 5.12. The predicted molar refractivity (Wildman–Crippen MR) is 94.6 cm³/mol. The van der Waals surface area contributed by atoms with E-state index in [2.05, 4.69) is 10.1 Å². The largest absolute Gasteiger partial charge is 0.495 e. The summed E-state index contributed by atoms with van der Waals surface area (Å²) in [6.45, 7) is 7.48. The fourth-order valence-corrected chi connectivity index (χ4v) is 3.80. The first-order chi connectivity index (χ1) is 11.6. The molecule has 1 aromatic carbocycles. The van der Waals surface area contributed by atoms with Crippen molar-refractivity contribution in [3.63, 3.8) is 0 Å². The minimum Gasteiger partial charge on any atom is -0.495 e. The van der Waals surface area contributed by atoms with E-state index in [0.29, 0.717) is 17.0 Å². The Kier molecular flexibility index (Phi) is 4.53. The predicted octanol–water partition coefficient (Wildman–Crippen LogP) is 3.00. The van der Waals surface area contributed by atoms with Gasteiger partial charge in [-0.1, -0.05) is 17.4 Å². The van der Waals surface area contributed by atoms with E-state index in [9.17, 15) is 4.79 Å². The van der Waals surface area contributed by atoms with Crippen molar-refractivity contribution in [3.8, 4) is 5.75 Å². The average molecular weight is 344 g/mol. The van der Waals surface area contributed by atoms with Gasteiger partial charge in [0.25, 0.3) is 5.91 Å². The van der Waals surface area contributed by atoms with Gasteiger partial charge in [0, 0.05) is 19.3 Å². The molecule has 3 rings (SSSR count). The number of nitrogens with zero attached hydrogens (tertiary/aromatic N) is 4. The van der Waals surface area contributed by atoms with Gasteiger partial charge in [-0.3, -0.25) is 9.48 Å². The van der Waals surface area contributed by atoms with Crippen LogP contribution < -0.4 is 9.54 Å². The van der Waals surface area contributed by atoms with E-state index in [1.807, 2.05) is 37.5 Å². The van der Waals surface area contributed by atoms with Crippen LogP contribution in [0.25, 0.3) is 10.2 Å². The van der Waals surface area contributed by atoms with Crippen LogP contribution in [0.2, 0.25) is 0 Å². The normalized spacial score (nSPS) is 12.1. The van der Waals surface area contributed by atoms with Crippen LogP contribution in [0.4, 0.5) is 0 Å². The molecule has 0 aliphatic heterocycles. The molecule has 0 N–H and O–H groups in total. The summed E-state index contributed by atoms with van der Waals surface area (Å²) in [5.74, 6) is 0.463. The summed E-state index contributed by atoms with van der Waals surface area (Å²) in [6, 6.07) is 5.67. The summed E-state index contributed by atoms with van der Waals surface area (Å²) in [5, 5.41) is 4.23. The minimum atomic E-state index is -0.326. The van der Waals surface area contributed by atoms with Gasteiger partial charge in [-0.2, -0.15) is 10.1 Å². The molecule has 0 aliphatic rings. The van der Waals surface area contributed by atoms with Crippen LogP contribution in [0, 0.1) is 6.92 Å². The van der Waals surface area contributed by atoms with Crippen molar-refractivity contribution >= 4 is 27.5 Å². The van der Waals surface area contributed by atoms with Gasteiger partial charge in [0.2, 0.25) is 0 Å². The Balaban J connectivity index is 2.18. The number of hydrogen-bond donors (Lipinski definition) is 0. The fourth-order valence-electron chi connectivity index (χ4n) is 2.62. The van der Waals surface area contributed by atoms with Crippen LogP contribution in [-0.4, -0.2) is 27.4 Å². The van der Waals surface area contributed by atoms with Gasteiger partial charge in [0.05, 0.1) is 11.8 Å². The molecule has 0 saturated heterocycles. The Bertz CT molecular complexity index is 965. The van der Waals surface area contributed by atoms with Crippen LogP contribution in [0.3, 0.4) is 0 Å². The van der Waals surface area contributed by atoms with Crippen molar-refractivity contribution in [2.24, 2.45) is 4.99 Å². The number of amides is 1. The molecule has 0 unspecified atom stereocenters. The van der Waals surface area contributed by atoms with Crippen molar-refractivity contribution in [1.29, 1.82) is 0 Å². The maximum absolute atomic E-state index is 12.4. The molecule has 24 heavy (non-hydrogen) atoms. The number of aromatic nitrogens is 3. The molecule has 126 valence electrons. The van der Waals surface area contributed by atoms with Gasteiger partial charge < -0.3 is 9.30 Å². The number of aryl methyl sites for hydroxylation is 3. The summed E-state index contributed by atoms with van der Waals surface area (Å²) in [7, 11) is 1.65. The molecule has 0 fully saturated rings. The summed E-state index contributed by atoms with van der Waals surface area (Å²) in [5.41, 5.74) is 2.48. The molecule has 3 aromatic rings. The summed E-state index contributed by atoms with van der Waals surface area (Å²) in [6.07, 6.45) is 1.79. The number of hydrogen-bond acceptors (Lipinski definition) is 4. The zero-order valence-corrected chi connectivity index (χ0v) is 15.1. The second-order valence-electron chi connectivity index (χ2n) is 5.36. The molecule has 0 aliphatic carbocycles. The van der Waals surface area contributed by atoms with Crippen LogP contribution in [0.1, 0.15) is 29.9 Å². The second kappa shape index (κ2) is 6.60. The quantitative estimate of drug-likeness (QED) is 0.731. The lowest BCUT2D eigenvalue weighted by Crippen LogP contribution is -2.16. The van der Waals surface area contributed by atoms with Gasteiger partial charge in [-0.25, -0.2) is 0 Å². The number of methoxy groups -OCH3 is 1. The molecule has 0 saturated carbocycles. The van der Waals surface area contributed by atoms with Gasteiger partial charge in [0.15, 0.2) is 10.5 Å². The molecule has 0 bridgehead atoms. The number of fused-ring (bicyclic) bond motifs is 1. The van der Waals surface area contributed by atoms with E-state index in [4.69, 9.17) is 4.74 Å². The summed E-state index contributed by atoms with van der Waals surface area (Å²) < 4.78 is 10.3. The van der Waals surface area contributed by atoms with Crippen LogP contribution in [0.15, 0.2) is 29.4 Å². The lowest BCUT2D eigenvalue weighted by atomic mass is 10.2. The van der Waals surface area contributed by atoms with E-state index in [0.717, 1.165) is 28.1 Å². The Morgan fingerprint density at radius 1 is 1.29 bits per heavy atom. The number of ether oxygens (including phenoxy) is 1. The lowest BCUT2D eigenvalue weighted by Gasteiger charge is -2.07. The average Bonchev–Trinajstić information content (AvgIpc) is 3.20. The Morgan fingerprint density at radius 2 is 2.08 bits per heavy atom. The van der Waals surface area contributed by atoms with Crippen molar-refractivity contribution in [2.45, 2.75) is 33.9 Å². The zero-order chi connectivity index (χ0) is 17.3. The molecule has 0 spiro atoms. The van der Waals surface area contributed by atoms with Gasteiger partial charge >= 0.3 is 0 Å². The Hall–Kier alpha value is -2.41. The Labute approximate surface area is 144 Å². The van der Waals surface area contributed by atoms with Crippen molar-refractivity contribution < 1.29 is 9.53 Å². The second-order valence-corrected chi connectivity index (χ2v) is 6.34. The smallest absolute Gasteiger partial charge is 0.300 e. The number of benzene rings is 1. The maximum atomic E-state index is 12.4. The van der Waals surface area contributed by atoms with Gasteiger partial charge in [0.1, 0.15) is 11.3 Å². The molecule has 2 aromatic heterocycles. The monoisotopic (exact) mass is 344 g/mol. The first-order valence-corrected chi connectivity index (χ1v) is 8.70. The first kappa shape index (κ1) is 16.4. The highest BCUT2D eigenvalue weighted by Crippen LogP contribution is 2.30. The molecule has 2 heterocycles.